The highest BCUT2D eigenvalue weighted by Crippen LogP contribution is 2.33. The van der Waals surface area contributed by atoms with Crippen molar-refractivity contribution in [1.82, 2.24) is 16.0 Å². The van der Waals surface area contributed by atoms with E-state index in [1.54, 1.807) is 12.1 Å². The summed E-state index contributed by atoms with van der Waals surface area (Å²) in [6.07, 6.45) is 2.39. The topological polar surface area (TPSA) is 125 Å². The van der Waals surface area contributed by atoms with Crippen LogP contribution in [0.5, 0.6) is 0 Å². The van der Waals surface area contributed by atoms with E-state index in [0.717, 1.165) is 12.8 Å². The fraction of sp³-hybridized carbons (Fsp3) is 0.412. The fourth-order valence-corrected chi connectivity index (χ4v) is 2.87. The van der Waals surface area contributed by atoms with Crippen molar-refractivity contribution >= 4 is 23.8 Å². The molecule has 132 valence electrons. The first kappa shape index (κ1) is 16.9. The van der Waals surface area contributed by atoms with Gasteiger partial charge in [-0.1, -0.05) is 25.0 Å². The van der Waals surface area contributed by atoms with Crippen LogP contribution in [0.2, 0.25) is 0 Å². The number of rotatable bonds is 6. The molecule has 2 unspecified atom stereocenters. The van der Waals surface area contributed by atoms with Crippen LogP contribution in [0.4, 0.5) is 4.79 Å². The quantitative estimate of drug-likeness (QED) is 0.566. The number of nitrogens with one attached hydrogen (secondary N) is 3. The van der Waals surface area contributed by atoms with Gasteiger partial charge in [0.05, 0.1) is 0 Å². The van der Waals surface area contributed by atoms with Crippen LogP contribution < -0.4 is 16.0 Å². The van der Waals surface area contributed by atoms with E-state index in [0.29, 0.717) is 17.9 Å². The van der Waals surface area contributed by atoms with Crippen molar-refractivity contribution in [3.8, 4) is 0 Å². The Morgan fingerprint density at radius 2 is 2.08 bits per heavy atom. The number of hydrogen-bond acceptors (Lipinski definition) is 4. The molecule has 0 aromatic heterocycles. The van der Waals surface area contributed by atoms with Crippen molar-refractivity contribution in [1.29, 1.82) is 0 Å². The molecule has 1 saturated heterocycles. The molecule has 0 radical (unpaired) electrons. The molecular formula is C17H19N3O5. The minimum atomic E-state index is -1.27. The first-order valence-electron chi connectivity index (χ1n) is 8.07. The molecule has 2 aliphatic rings. The van der Waals surface area contributed by atoms with Gasteiger partial charge in [-0.25, -0.2) is 9.59 Å². The summed E-state index contributed by atoms with van der Waals surface area (Å²) >= 11 is 0. The minimum Gasteiger partial charge on any atom is -0.480 e. The molecule has 0 spiro atoms. The van der Waals surface area contributed by atoms with E-state index in [1.807, 2.05) is 0 Å². The molecule has 1 aromatic rings. The molecule has 8 heteroatoms. The SMILES string of the molecule is CC1(c2cccc(C(=O)NC(CC3CC3)C(=O)O)c2)NC(=O)NC1=O. The van der Waals surface area contributed by atoms with Crippen molar-refractivity contribution in [3.05, 3.63) is 35.4 Å². The van der Waals surface area contributed by atoms with Crippen LogP contribution in [0.15, 0.2) is 24.3 Å². The van der Waals surface area contributed by atoms with E-state index < -0.39 is 35.4 Å². The highest BCUT2D eigenvalue weighted by molar-refractivity contribution is 6.07. The number of carbonyl (C=O) groups excluding carboxylic acids is 3. The Morgan fingerprint density at radius 1 is 1.36 bits per heavy atom. The first-order valence-corrected chi connectivity index (χ1v) is 8.07. The average Bonchev–Trinajstić information content (AvgIpc) is 3.33. The summed E-state index contributed by atoms with van der Waals surface area (Å²) in [5, 5.41) is 16.5. The van der Waals surface area contributed by atoms with Gasteiger partial charge >= 0.3 is 12.0 Å². The van der Waals surface area contributed by atoms with Gasteiger partial charge in [-0.2, -0.15) is 0 Å². The zero-order chi connectivity index (χ0) is 18.2. The van der Waals surface area contributed by atoms with Crippen LogP contribution in [-0.4, -0.2) is 35.0 Å². The maximum Gasteiger partial charge on any atom is 0.326 e. The molecule has 0 bridgehead atoms. The third-order valence-electron chi connectivity index (χ3n) is 4.62. The first-order chi connectivity index (χ1) is 11.8. The number of carboxylic acids is 1. The van der Waals surface area contributed by atoms with Gasteiger partial charge in [0.2, 0.25) is 0 Å². The Labute approximate surface area is 144 Å². The molecule has 1 aliphatic carbocycles. The lowest BCUT2D eigenvalue weighted by Crippen LogP contribution is -2.42. The Morgan fingerprint density at radius 3 is 2.64 bits per heavy atom. The molecule has 1 aliphatic heterocycles. The number of imide groups is 1. The number of benzene rings is 1. The summed E-state index contributed by atoms with van der Waals surface area (Å²) in [5.74, 6) is -1.75. The zero-order valence-electron chi connectivity index (χ0n) is 13.7. The van der Waals surface area contributed by atoms with Gasteiger partial charge in [-0.05, 0) is 37.0 Å². The summed E-state index contributed by atoms with van der Waals surface area (Å²) in [5.41, 5.74) is -0.597. The molecule has 8 nitrogen and oxygen atoms in total. The Balaban J connectivity index is 1.78. The molecule has 1 saturated carbocycles. The molecule has 25 heavy (non-hydrogen) atoms. The van der Waals surface area contributed by atoms with Crippen molar-refractivity contribution < 1.29 is 24.3 Å². The Hall–Kier alpha value is -2.90. The van der Waals surface area contributed by atoms with Gasteiger partial charge in [-0.15, -0.1) is 0 Å². The monoisotopic (exact) mass is 345 g/mol. The number of hydrogen-bond donors (Lipinski definition) is 4. The van der Waals surface area contributed by atoms with Gasteiger partial charge in [0.15, 0.2) is 0 Å². The predicted octanol–water partition coefficient (Wildman–Crippen LogP) is 0.724. The lowest BCUT2D eigenvalue weighted by molar-refractivity contribution is -0.139. The molecule has 2 fully saturated rings. The molecule has 1 aromatic carbocycles. The molecule has 4 amide bonds. The van der Waals surface area contributed by atoms with Crippen LogP contribution in [0.25, 0.3) is 0 Å². The van der Waals surface area contributed by atoms with E-state index in [4.69, 9.17) is 0 Å². The van der Waals surface area contributed by atoms with Crippen LogP contribution in [0, 0.1) is 5.92 Å². The second kappa shape index (κ2) is 6.19. The molecule has 2 atom stereocenters. The predicted molar refractivity (Wildman–Crippen MR) is 86.7 cm³/mol. The van der Waals surface area contributed by atoms with E-state index in [1.165, 1.54) is 19.1 Å². The number of amides is 4. The maximum atomic E-state index is 12.4. The van der Waals surface area contributed by atoms with Crippen LogP contribution in [-0.2, 0) is 15.1 Å². The van der Waals surface area contributed by atoms with Gasteiger partial charge in [-0.3, -0.25) is 14.9 Å². The summed E-state index contributed by atoms with van der Waals surface area (Å²) in [6, 6.07) is 4.69. The fourth-order valence-electron chi connectivity index (χ4n) is 2.87. The smallest absolute Gasteiger partial charge is 0.326 e. The lowest BCUT2D eigenvalue weighted by atomic mass is 9.91. The van der Waals surface area contributed by atoms with Gasteiger partial charge in [0.25, 0.3) is 11.8 Å². The molecular weight excluding hydrogens is 326 g/mol. The average molecular weight is 345 g/mol. The number of carbonyl (C=O) groups is 4. The van der Waals surface area contributed by atoms with E-state index >= 15 is 0 Å². The van der Waals surface area contributed by atoms with Crippen LogP contribution in [0.1, 0.15) is 42.1 Å². The Bertz CT molecular complexity index is 758. The molecule has 3 rings (SSSR count). The van der Waals surface area contributed by atoms with Crippen LogP contribution >= 0.6 is 0 Å². The van der Waals surface area contributed by atoms with E-state index in [2.05, 4.69) is 16.0 Å². The van der Waals surface area contributed by atoms with Crippen molar-refractivity contribution in [2.75, 3.05) is 0 Å². The van der Waals surface area contributed by atoms with E-state index in [9.17, 15) is 24.3 Å². The second-order valence-electron chi connectivity index (χ2n) is 6.66. The van der Waals surface area contributed by atoms with Crippen molar-refractivity contribution in [3.63, 3.8) is 0 Å². The lowest BCUT2D eigenvalue weighted by Gasteiger charge is -2.22. The Kier molecular flexibility index (Phi) is 4.20. The normalized spacial score (nSPS) is 23.6. The van der Waals surface area contributed by atoms with Crippen molar-refractivity contribution in [2.45, 2.75) is 37.8 Å². The van der Waals surface area contributed by atoms with Crippen LogP contribution in [0.3, 0.4) is 0 Å². The van der Waals surface area contributed by atoms with Crippen molar-refractivity contribution in [2.24, 2.45) is 5.92 Å². The summed E-state index contributed by atoms with van der Waals surface area (Å²) in [6.45, 7) is 1.54. The minimum absolute atomic E-state index is 0.231. The number of urea groups is 1. The maximum absolute atomic E-state index is 12.4. The summed E-state index contributed by atoms with van der Waals surface area (Å²) < 4.78 is 0. The van der Waals surface area contributed by atoms with Gasteiger partial charge in [0, 0.05) is 5.56 Å². The highest BCUT2D eigenvalue weighted by atomic mass is 16.4. The molecule has 4 N–H and O–H groups in total. The summed E-state index contributed by atoms with van der Waals surface area (Å²) in [4.78, 5) is 47.2. The third kappa shape index (κ3) is 3.47. The van der Waals surface area contributed by atoms with Gasteiger partial charge in [0.1, 0.15) is 11.6 Å². The number of carboxylic acid groups (broad SMARTS) is 1. The number of aliphatic carboxylic acids is 1. The third-order valence-corrected chi connectivity index (χ3v) is 4.62. The zero-order valence-corrected chi connectivity index (χ0v) is 13.7. The standard InChI is InChI=1S/C17H19N3O5/c1-17(15(24)19-16(25)20-17)11-4-2-3-10(8-11)13(21)18-12(14(22)23)7-9-5-6-9/h2-4,8-9,12H,5-7H2,1H3,(H,18,21)(H,22,23)(H2,19,20,24,25). The second-order valence-corrected chi connectivity index (χ2v) is 6.66. The van der Waals surface area contributed by atoms with Gasteiger partial charge < -0.3 is 15.7 Å². The summed E-state index contributed by atoms with van der Waals surface area (Å²) in [7, 11) is 0. The largest absolute Gasteiger partial charge is 0.480 e. The van der Waals surface area contributed by atoms with E-state index in [-0.39, 0.29) is 5.56 Å². The molecule has 1 heterocycles. The highest BCUT2D eigenvalue weighted by Gasteiger charge is 2.43.